The van der Waals surface area contributed by atoms with Gasteiger partial charge in [-0.15, -0.1) is 11.3 Å². The Balaban J connectivity index is 1.78. The van der Waals surface area contributed by atoms with Gasteiger partial charge in [0.2, 0.25) is 5.95 Å². The van der Waals surface area contributed by atoms with E-state index in [4.69, 9.17) is 0 Å². The number of aliphatic hydroxyl groups excluding tert-OH is 2. The maximum absolute atomic E-state index is 13.5. The van der Waals surface area contributed by atoms with E-state index in [2.05, 4.69) is 25.3 Å². The minimum absolute atomic E-state index is 0.0136. The lowest BCUT2D eigenvalue weighted by Crippen LogP contribution is -2.48. The summed E-state index contributed by atoms with van der Waals surface area (Å²) in [4.78, 5) is 16.9. The van der Waals surface area contributed by atoms with Crippen LogP contribution in [-0.2, 0) is 0 Å². The van der Waals surface area contributed by atoms with E-state index in [1.54, 1.807) is 19.2 Å². The molecule has 0 aliphatic heterocycles. The number of aliphatic hydroxyl groups is 3. The second-order valence-corrected chi connectivity index (χ2v) is 9.68. The number of anilines is 2. The number of hydrogen-bond donors (Lipinski definition) is 5. The van der Waals surface area contributed by atoms with Crippen molar-refractivity contribution in [2.75, 3.05) is 23.8 Å². The monoisotopic (exact) mass is 534 g/mol. The Bertz CT molecular complexity index is 1270. The first-order valence-corrected chi connectivity index (χ1v) is 11.7. The molecule has 9 nitrogen and oxygen atoms in total. The van der Waals surface area contributed by atoms with Crippen LogP contribution in [0.2, 0.25) is 0 Å². The number of alkyl halides is 5. The molecule has 36 heavy (non-hydrogen) atoms. The summed E-state index contributed by atoms with van der Waals surface area (Å²) in [5, 5.41) is 36.1. The van der Waals surface area contributed by atoms with Gasteiger partial charge in [0.1, 0.15) is 22.4 Å². The normalized spacial score (nSPS) is 22.8. The van der Waals surface area contributed by atoms with E-state index in [1.165, 1.54) is 18.3 Å². The Morgan fingerprint density at radius 1 is 1.14 bits per heavy atom. The van der Waals surface area contributed by atoms with Crippen LogP contribution in [0.1, 0.15) is 24.2 Å². The van der Waals surface area contributed by atoms with Crippen LogP contribution in [0.5, 0.6) is 0 Å². The minimum atomic E-state index is -5.77. The molecule has 15 heteroatoms. The predicted octanol–water partition coefficient (Wildman–Crippen LogP) is 3.24. The van der Waals surface area contributed by atoms with Gasteiger partial charge in [-0.05, 0) is 32.8 Å². The van der Waals surface area contributed by atoms with Gasteiger partial charge in [0.25, 0.3) is 0 Å². The molecule has 3 atom stereocenters. The first kappa shape index (κ1) is 26.3. The summed E-state index contributed by atoms with van der Waals surface area (Å²) >= 11 is 1.24. The van der Waals surface area contributed by atoms with Crippen LogP contribution in [0.25, 0.3) is 20.8 Å². The van der Waals surface area contributed by atoms with E-state index in [9.17, 15) is 37.3 Å². The minimum Gasteiger partial charge on any atom is -0.396 e. The molecular weight excluding hydrogens is 511 g/mol. The topological polar surface area (TPSA) is 136 Å². The Morgan fingerprint density at radius 2 is 1.86 bits per heavy atom. The second kappa shape index (κ2) is 9.28. The van der Waals surface area contributed by atoms with E-state index in [0.29, 0.717) is 16.2 Å². The fourth-order valence-corrected chi connectivity index (χ4v) is 5.12. The van der Waals surface area contributed by atoms with Crippen molar-refractivity contribution in [2.24, 2.45) is 5.92 Å². The number of nitrogens with one attached hydrogen (secondary N) is 2. The Hall–Kier alpha value is -2.75. The molecule has 3 heterocycles. The molecule has 0 radical (unpaired) electrons. The summed E-state index contributed by atoms with van der Waals surface area (Å²) < 4.78 is 65.5. The van der Waals surface area contributed by atoms with Gasteiger partial charge in [0, 0.05) is 18.7 Å². The molecule has 1 saturated carbocycles. The zero-order valence-corrected chi connectivity index (χ0v) is 19.9. The van der Waals surface area contributed by atoms with Gasteiger partial charge in [-0.25, -0.2) is 9.97 Å². The predicted molar refractivity (Wildman–Crippen MR) is 122 cm³/mol. The zero-order chi connectivity index (χ0) is 26.5. The van der Waals surface area contributed by atoms with Gasteiger partial charge in [-0.2, -0.15) is 26.9 Å². The molecule has 0 saturated heterocycles. The van der Waals surface area contributed by atoms with Gasteiger partial charge in [-0.3, -0.25) is 4.98 Å². The van der Waals surface area contributed by atoms with Crippen molar-refractivity contribution in [1.29, 1.82) is 0 Å². The molecule has 3 aromatic heterocycles. The summed E-state index contributed by atoms with van der Waals surface area (Å²) in [7, 11) is 0. The highest BCUT2D eigenvalue weighted by Gasteiger charge is 2.57. The van der Waals surface area contributed by atoms with E-state index in [0.717, 1.165) is 4.70 Å². The molecule has 5 N–H and O–H groups in total. The molecule has 0 amide bonds. The van der Waals surface area contributed by atoms with Crippen molar-refractivity contribution in [3.63, 3.8) is 0 Å². The molecule has 1 aliphatic carbocycles. The Morgan fingerprint density at radius 3 is 2.47 bits per heavy atom. The van der Waals surface area contributed by atoms with Crippen LogP contribution < -0.4 is 10.6 Å². The summed E-state index contributed by atoms with van der Waals surface area (Å²) in [6.45, 7) is 1.05. The third-order valence-corrected chi connectivity index (χ3v) is 7.12. The van der Waals surface area contributed by atoms with Crippen molar-refractivity contribution in [1.82, 2.24) is 19.9 Å². The summed E-state index contributed by atoms with van der Waals surface area (Å²) in [6.07, 6.45) is -5.29. The average Bonchev–Trinajstić information content (AvgIpc) is 3.33. The lowest BCUT2D eigenvalue weighted by atomic mass is 10.0. The van der Waals surface area contributed by atoms with Gasteiger partial charge in [-0.1, -0.05) is 0 Å². The van der Waals surface area contributed by atoms with Crippen LogP contribution in [0.3, 0.4) is 0 Å². The molecule has 0 spiro atoms. The smallest absolute Gasteiger partial charge is 0.396 e. The number of aryl methyl sites for hydroxylation is 2. The third-order valence-electron chi connectivity index (χ3n) is 6.08. The van der Waals surface area contributed by atoms with Gasteiger partial charge in [0.05, 0.1) is 28.2 Å². The summed E-state index contributed by atoms with van der Waals surface area (Å²) in [5.41, 5.74) is -0.285. The number of halogens is 5. The van der Waals surface area contributed by atoms with Crippen LogP contribution in [0, 0.1) is 19.8 Å². The van der Waals surface area contributed by atoms with Crippen LogP contribution >= 0.6 is 11.3 Å². The number of fused-ring (bicyclic) bond motifs is 1. The molecule has 0 aromatic carbocycles. The van der Waals surface area contributed by atoms with Crippen molar-refractivity contribution < 1.29 is 37.3 Å². The summed E-state index contributed by atoms with van der Waals surface area (Å²) in [5.74, 6) is -6.35. The van der Waals surface area contributed by atoms with Gasteiger partial charge < -0.3 is 26.0 Å². The molecule has 0 bridgehead atoms. The quantitative estimate of drug-likeness (QED) is 0.229. The maximum Gasteiger partial charge on any atom is 0.455 e. The largest absolute Gasteiger partial charge is 0.455 e. The lowest BCUT2D eigenvalue weighted by Gasteiger charge is -2.31. The van der Waals surface area contributed by atoms with Gasteiger partial charge in [0.15, 0.2) is 5.72 Å². The Labute approximate surface area is 205 Å². The Kier molecular flexibility index (Phi) is 6.79. The first-order valence-electron chi connectivity index (χ1n) is 10.8. The second-order valence-electron chi connectivity index (χ2n) is 8.65. The summed E-state index contributed by atoms with van der Waals surface area (Å²) in [6, 6.07) is 1.74. The van der Waals surface area contributed by atoms with E-state index in [-0.39, 0.29) is 36.5 Å². The molecular formula is C21H23F5N6O3S. The third kappa shape index (κ3) is 4.79. The van der Waals surface area contributed by atoms with Gasteiger partial charge >= 0.3 is 12.1 Å². The van der Waals surface area contributed by atoms with E-state index in [1.807, 2.05) is 5.32 Å². The maximum atomic E-state index is 13.5. The van der Waals surface area contributed by atoms with E-state index >= 15 is 0 Å². The number of rotatable bonds is 7. The van der Waals surface area contributed by atoms with Crippen molar-refractivity contribution in [3.8, 4) is 10.6 Å². The van der Waals surface area contributed by atoms with Crippen molar-refractivity contribution in [2.45, 2.75) is 50.6 Å². The highest BCUT2D eigenvalue weighted by atomic mass is 32.1. The number of nitrogens with zero attached hydrogens (tertiary/aromatic N) is 4. The zero-order valence-electron chi connectivity index (χ0n) is 19.1. The molecule has 3 aromatic rings. The van der Waals surface area contributed by atoms with Crippen LogP contribution in [0.15, 0.2) is 12.3 Å². The van der Waals surface area contributed by atoms with Crippen LogP contribution in [0.4, 0.5) is 33.7 Å². The number of thiazole rings is 1. The number of hydrogen-bond acceptors (Lipinski definition) is 10. The highest BCUT2D eigenvalue weighted by Crippen LogP contribution is 2.41. The fraction of sp³-hybridized carbons (Fsp3) is 0.524. The molecule has 196 valence electrons. The average molecular weight is 535 g/mol. The molecule has 4 rings (SSSR count). The lowest BCUT2D eigenvalue weighted by molar-refractivity contribution is -0.275. The fourth-order valence-electron chi connectivity index (χ4n) is 4.01. The molecule has 1 fully saturated rings. The molecule has 0 unspecified atom stereocenters. The highest BCUT2D eigenvalue weighted by molar-refractivity contribution is 7.21. The number of pyridine rings is 1. The number of aromatic nitrogens is 4. The SMILES string of the molecule is Cc1nc(NCC(F)(F)C(F)(F)F)nc(N[C@@]2(O)CC[C@H](CO)[C@H]2O)c1-c1nc2c(C)nccc2s1. The van der Waals surface area contributed by atoms with Crippen LogP contribution in [-0.4, -0.2) is 72.3 Å². The first-order chi connectivity index (χ1) is 16.8. The van der Waals surface area contributed by atoms with E-state index < -0.39 is 42.3 Å². The van der Waals surface area contributed by atoms with Crippen molar-refractivity contribution in [3.05, 3.63) is 23.7 Å². The molecule has 1 aliphatic rings. The standard InChI is InChI=1S/C21H23F5N6O3S/c1-9-13(17-30-14-10(2)27-6-4-12(14)36-17)16(32-19(35)5-3-11(7-33)15(19)34)31-18(29-9)28-8-20(22,23)21(24,25)26/h4,6,11,15,33-35H,3,5,7-8H2,1-2H3,(H2,28,29,31,32)/t11-,15-,19-/m1/s1. The van der Waals surface area contributed by atoms with Crippen molar-refractivity contribution >= 4 is 33.3 Å².